The van der Waals surface area contributed by atoms with Crippen LogP contribution in [0.1, 0.15) is 39.5 Å². The van der Waals surface area contributed by atoms with E-state index < -0.39 is 29.6 Å². The molecule has 0 N–H and O–H groups in total. The lowest BCUT2D eigenvalue weighted by molar-refractivity contribution is -0.137. The van der Waals surface area contributed by atoms with Crippen molar-refractivity contribution in [1.82, 2.24) is 14.8 Å². The Morgan fingerprint density at radius 2 is 1.63 bits per heavy atom. The molecule has 2 heterocycles. The van der Waals surface area contributed by atoms with Crippen LogP contribution in [0.4, 0.5) is 13.2 Å². The van der Waals surface area contributed by atoms with E-state index in [0.717, 1.165) is 29.8 Å². The second kappa shape index (κ2) is 13.5. The van der Waals surface area contributed by atoms with E-state index in [0.29, 0.717) is 60.6 Å². The quantitative estimate of drug-likeness (QED) is 0.298. The van der Waals surface area contributed by atoms with Crippen LogP contribution in [0.2, 0.25) is 10.0 Å². The third-order valence-corrected chi connectivity index (χ3v) is 8.05. The summed E-state index contributed by atoms with van der Waals surface area (Å²) in [5, 5.41) is 7.07. The number of hydrazone groups is 1. The minimum atomic E-state index is -4.53. The zero-order valence-corrected chi connectivity index (χ0v) is 24.6. The highest BCUT2D eigenvalue weighted by atomic mass is 35.5. The van der Waals surface area contributed by atoms with Gasteiger partial charge >= 0.3 is 6.18 Å². The number of alkyl halides is 3. The number of morpholine rings is 1. The number of hydrogen-bond donors (Lipinski definition) is 0. The van der Waals surface area contributed by atoms with Gasteiger partial charge in [0.05, 0.1) is 30.5 Å². The number of rotatable bonds is 8. The molecular formula is C31H29Cl2F3N4O3. The normalized spacial score (nSPS) is 17.6. The second-order valence-electron chi connectivity index (χ2n) is 10.3. The summed E-state index contributed by atoms with van der Waals surface area (Å²) in [5.74, 6) is -0.989. The molecule has 5 rings (SSSR count). The summed E-state index contributed by atoms with van der Waals surface area (Å²) in [5.41, 5.74) is 1.32. The van der Waals surface area contributed by atoms with E-state index >= 15 is 0 Å². The number of hydrogen-bond acceptors (Lipinski definition) is 5. The first-order valence-electron chi connectivity index (χ1n) is 13.8. The number of carbonyl (C=O) groups is 2. The van der Waals surface area contributed by atoms with Gasteiger partial charge in [0.2, 0.25) is 0 Å². The van der Waals surface area contributed by atoms with Crippen molar-refractivity contribution in [3.05, 3.63) is 105 Å². The number of halogens is 5. The van der Waals surface area contributed by atoms with E-state index in [1.165, 1.54) is 9.91 Å². The van der Waals surface area contributed by atoms with E-state index in [1.54, 1.807) is 24.3 Å². The third-order valence-electron chi connectivity index (χ3n) is 7.47. The molecule has 0 spiro atoms. The number of ether oxygens (including phenoxy) is 1. The van der Waals surface area contributed by atoms with Crippen molar-refractivity contribution in [2.24, 2.45) is 5.10 Å². The second-order valence-corrected chi connectivity index (χ2v) is 11.1. The Morgan fingerprint density at radius 1 is 0.953 bits per heavy atom. The monoisotopic (exact) mass is 632 g/mol. The van der Waals surface area contributed by atoms with Gasteiger partial charge in [-0.15, -0.1) is 0 Å². The van der Waals surface area contributed by atoms with Crippen molar-refractivity contribution in [3.63, 3.8) is 0 Å². The standard InChI is InChI=1S/C31H29Cl2F3N4O3/c32-24-11-7-21(8-12-24)28-19-27(25-3-1-2-4-26(25)33)37-40(28)29(41)20-39(14-13-38-15-17-43-18-16-38)30(42)22-5-9-23(10-6-22)31(34,35)36/h1-12,28H,13-20H2/t28-/m1/s1. The fourth-order valence-electron chi connectivity index (χ4n) is 5.10. The van der Waals surface area contributed by atoms with Crippen LogP contribution < -0.4 is 0 Å². The zero-order valence-electron chi connectivity index (χ0n) is 23.1. The van der Waals surface area contributed by atoms with Crippen LogP contribution in [-0.4, -0.2) is 78.3 Å². The Hall–Kier alpha value is -3.44. The molecule has 1 saturated heterocycles. The molecular weight excluding hydrogens is 604 g/mol. The van der Waals surface area contributed by atoms with Crippen molar-refractivity contribution >= 4 is 40.7 Å². The Bertz CT molecular complexity index is 1480. The van der Waals surface area contributed by atoms with Crippen LogP contribution >= 0.6 is 23.2 Å². The maximum atomic E-state index is 13.9. The fraction of sp³-hybridized carbons (Fsp3) is 0.323. The summed E-state index contributed by atoms with van der Waals surface area (Å²) in [6.07, 6.45) is -4.14. The van der Waals surface area contributed by atoms with Crippen molar-refractivity contribution < 1.29 is 27.5 Å². The van der Waals surface area contributed by atoms with Gasteiger partial charge in [0.15, 0.2) is 0 Å². The highest BCUT2D eigenvalue weighted by molar-refractivity contribution is 6.34. The average molecular weight is 633 g/mol. The van der Waals surface area contributed by atoms with Crippen molar-refractivity contribution in [3.8, 4) is 0 Å². The van der Waals surface area contributed by atoms with Crippen LogP contribution in [0, 0.1) is 0 Å². The predicted octanol–water partition coefficient (Wildman–Crippen LogP) is 6.16. The number of nitrogens with zero attached hydrogens (tertiary/aromatic N) is 4. The average Bonchev–Trinajstić information content (AvgIpc) is 3.45. The molecule has 0 unspecified atom stereocenters. The van der Waals surface area contributed by atoms with Crippen molar-refractivity contribution in [1.29, 1.82) is 0 Å². The first kappa shape index (κ1) is 31.0. The molecule has 0 saturated carbocycles. The van der Waals surface area contributed by atoms with Gasteiger partial charge in [-0.05, 0) is 48.0 Å². The molecule has 0 aromatic heterocycles. The molecule has 1 fully saturated rings. The zero-order chi connectivity index (χ0) is 30.6. The van der Waals surface area contributed by atoms with E-state index in [1.807, 2.05) is 24.3 Å². The van der Waals surface area contributed by atoms with Gasteiger partial charge < -0.3 is 9.64 Å². The van der Waals surface area contributed by atoms with Gasteiger partial charge in [0.1, 0.15) is 6.54 Å². The lowest BCUT2D eigenvalue weighted by Gasteiger charge is -2.31. The van der Waals surface area contributed by atoms with E-state index in [9.17, 15) is 22.8 Å². The Balaban J connectivity index is 1.42. The Labute approximate surface area is 257 Å². The van der Waals surface area contributed by atoms with Crippen molar-refractivity contribution in [2.45, 2.75) is 18.6 Å². The van der Waals surface area contributed by atoms with Gasteiger partial charge in [-0.3, -0.25) is 14.5 Å². The third kappa shape index (κ3) is 7.56. The largest absolute Gasteiger partial charge is 0.416 e. The van der Waals surface area contributed by atoms with Gasteiger partial charge in [-0.2, -0.15) is 18.3 Å². The molecule has 226 valence electrons. The summed E-state index contributed by atoms with van der Waals surface area (Å²) in [4.78, 5) is 31.0. The summed E-state index contributed by atoms with van der Waals surface area (Å²) >= 11 is 12.6. The number of benzene rings is 3. The van der Waals surface area contributed by atoms with Gasteiger partial charge in [-0.25, -0.2) is 5.01 Å². The Morgan fingerprint density at radius 3 is 2.28 bits per heavy atom. The summed E-state index contributed by atoms with van der Waals surface area (Å²) in [6.45, 7) is 2.79. The maximum Gasteiger partial charge on any atom is 0.416 e. The molecule has 12 heteroatoms. The minimum Gasteiger partial charge on any atom is -0.379 e. The molecule has 2 aliphatic rings. The lowest BCUT2D eigenvalue weighted by atomic mass is 9.98. The minimum absolute atomic E-state index is 0.0544. The molecule has 7 nitrogen and oxygen atoms in total. The fourth-order valence-corrected chi connectivity index (χ4v) is 5.47. The highest BCUT2D eigenvalue weighted by Gasteiger charge is 2.35. The Kier molecular flexibility index (Phi) is 9.71. The van der Waals surface area contributed by atoms with E-state index in [-0.39, 0.29) is 18.7 Å². The summed E-state index contributed by atoms with van der Waals surface area (Å²) in [6, 6.07) is 17.9. The van der Waals surface area contributed by atoms with E-state index in [2.05, 4.69) is 10.0 Å². The van der Waals surface area contributed by atoms with Crippen LogP contribution in [0.15, 0.2) is 77.9 Å². The van der Waals surface area contributed by atoms with E-state index in [4.69, 9.17) is 27.9 Å². The molecule has 43 heavy (non-hydrogen) atoms. The maximum absolute atomic E-state index is 13.9. The molecule has 0 radical (unpaired) electrons. The first-order chi connectivity index (χ1) is 20.6. The topological polar surface area (TPSA) is 65.5 Å². The molecule has 2 aliphatic heterocycles. The number of carbonyl (C=O) groups excluding carboxylic acids is 2. The first-order valence-corrected chi connectivity index (χ1v) is 14.5. The summed E-state index contributed by atoms with van der Waals surface area (Å²) in [7, 11) is 0. The summed E-state index contributed by atoms with van der Waals surface area (Å²) < 4.78 is 44.8. The van der Waals surface area contributed by atoms with Gasteiger partial charge in [0, 0.05) is 53.8 Å². The van der Waals surface area contributed by atoms with Gasteiger partial charge in [-0.1, -0.05) is 53.5 Å². The molecule has 1 atom stereocenters. The SMILES string of the molecule is O=C(c1ccc(C(F)(F)F)cc1)N(CCN1CCOCC1)CC(=O)N1N=C(c2ccccc2Cl)C[C@@H]1c1ccc(Cl)cc1. The van der Waals surface area contributed by atoms with Crippen LogP contribution in [0.5, 0.6) is 0 Å². The van der Waals surface area contributed by atoms with Gasteiger partial charge in [0.25, 0.3) is 11.8 Å². The molecule has 2 amide bonds. The predicted molar refractivity (Wildman–Crippen MR) is 158 cm³/mol. The lowest BCUT2D eigenvalue weighted by Crippen LogP contribution is -2.46. The van der Waals surface area contributed by atoms with Crippen LogP contribution in [0.3, 0.4) is 0 Å². The molecule has 3 aromatic carbocycles. The smallest absolute Gasteiger partial charge is 0.379 e. The molecule has 0 bridgehead atoms. The highest BCUT2D eigenvalue weighted by Crippen LogP contribution is 2.35. The van der Waals surface area contributed by atoms with Crippen LogP contribution in [-0.2, 0) is 15.7 Å². The van der Waals surface area contributed by atoms with Crippen LogP contribution in [0.25, 0.3) is 0 Å². The van der Waals surface area contributed by atoms with Crippen molar-refractivity contribution in [2.75, 3.05) is 45.9 Å². The molecule has 3 aromatic rings. The molecule has 0 aliphatic carbocycles. The number of amides is 2.